The Labute approximate surface area is 146 Å². The second-order valence-corrected chi connectivity index (χ2v) is 6.27. The standard InChI is InChI=1S/C20H22FNO3/c1-12-13(2)20(25)17(14(3)19(12)24)5-4-6-18(23)22-11-15-7-9-16(21)10-8-15/h7-10H,4-6,11H2,1-3H3,(H,22,23). The zero-order chi connectivity index (χ0) is 18.6. The van der Waals surface area contributed by atoms with Gasteiger partial charge in [0, 0.05) is 35.3 Å². The maximum absolute atomic E-state index is 12.8. The van der Waals surface area contributed by atoms with Crippen molar-refractivity contribution in [3.63, 3.8) is 0 Å². The molecule has 0 fully saturated rings. The van der Waals surface area contributed by atoms with E-state index in [2.05, 4.69) is 5.32 Å². The predicted octanol–water partition coefficient (Wildman–Crippen LogP) is 3.42. The van der Waals surface area contributed by atoms with Gasteiger partial charge in [-0.05, 0) is 51.3 Å². The summed E-state index contributed by atoms with van der Waals surface area (Å²) < 4.78 is 12.8. The van der Waals surface area contributed by atoms with Crippen LogP contribution < -0.4 is 5.32 Å². The quantitative estimate of drug-likeness (QED) is 0.805. The van der Waals surface area contributed by atoms with Crippen LogP contribution in [0.2, 0.25) is 0 Å². The van der Waals surface area contributed by atoms with Gasteiger partial charge in [0.1, 0.15) is 5.82 Å². The molecule has 5 heteroatoms. The monoisotopic (exact) mass is 343 g/mol. The van der Waals surface area contributed by atoms with Crippen molar-refractivity contribution in [2.45, 2.75) is 46.6 Å². The third-order valence-electron chi connectivity index (χ3n) is 4.54. The Bertz CT molecular complexity index is 773. The third kappa shape index (κ3) is 4.50. The summed E-state index contributed by atoms with van der Waals surface area (Å²) in [6, 6.07) is 5.93. The number of halogens is 1. The first-order valence-electron chi connectivity index (χ1n) is 8.29. The number of hydrogen-bond donors (Lipinski definition) is 1. The predicted molar refractivity (Wildman–Crippen MR) is 93.2 cm³/mol. The van der Waals surface area contributed by atoms with Crippen LogP contribution in [0.4, 0.5) is 4.39 Å². The fraction of sp³-hybridized carbons (Fsp3) is 0.350. The van der Waals surface area contributed by atoms with E-state index < -0.39 is 0 Å². The lowest BCUT2D eigenvalue weighted by Crippen LogP contribution is -2.23. The lowest BCUT2D eigenvalue weighted by Gasteiger charge is -2.18. The van der Waals surface area contributed by atoms with Crippen LogP contribution in [-0.4, -0.2) is 17.5 Å². The van der Waals surface area contributed by atoms with E-state index in [4.69, 9.17) is 0 Å². The van der Waals surface area contributed by atoms with Gasteiger partial charge in [0.2, 0.25) is 5.91 Å². The van der Waals surface area contributed by atoms with E-state index in [1.165, 1.54) is 12.1 Å². The Morgan fingerprint density at radius 3 is 2.20 bits per heavy atom. The van der Waals surface area contributed by atoms with Crippen molar-refractivity contribution in [1.82, 2.24) is 5.32 Å². The molecule has 1 aliphatic rings. The molecule has 0 radical (unpaired) electrons. The molecule has 1 aliphatic carbocycles. The van der Waals surface area contributed by atoms with E-state index in [-0.39, 0.29) is 29.7 Å². The maximum atomic E-state index is 12.8. The molecule has 0 atom stereocenters. The van der Waals surface area contributed by atoms with Crippen molar-refractivity contribution in [2.24, 2.45) is 0 Å². The zero-order valence-corrected chi connectivity index (χ0v) is 14.7. The fourth-order valence-corrected chi connectivity index (χ4v) is 2.77. The number of carbonyl (C=O) groups is 3. The van der Waals surface area contributed by atoms with Crippen LogP contribution in [0, 0.1) is 5.82 Å². The summed E-state index contributed by atoms with van der Waals surface area (Å²) in [4.78, 5) is 36.3. The fourth-order valence-electron chi connectivity index (χ4n) is 2.77. The van der Waals surface area contributed by atoms with Gasteiger partial charge in [-0.3, -0.25) is 14.4 Å². The summed E-state index contributed by atoms with van der Waals surface area (Å²) in [5.41, 5.74) is 2.81. The summed E-state index contributed by atoms with van der Waals surface area (Å²) in [5.74, 6) is -0.639. The molecule has 1 N–H and O–H groups in total. The van der Waals surface area contributed by atoms with E-state index in [1.54, 1.807) is 32.9 Å². The lowest BCUT2D eigenvalue weighted by molar-refractivity contribution is -0.121. The summed E-state index contributed by atoms with van der Waals surface area (Å²) in [7, 11) is 0. The molecule has 0 aliphatic heterocycles. The second kappa shape index (κ2) is 8.01. The molecule has 1 amide bonds. The van der Waals surface area contributed by atoms with Crippen LogP contribution in [0.1, 0.15) is 45.6 Å². The van der Waals surface area contributed by atoms with Gasteiger partial charge in [-0.2, -0.15) is 0 Å². The minimum Gasteiger partial charge on any atom is -0.352 e. The Hall–Kier alpha value is -2.56. The van der Waals surface area contributed by atoms with Crippen molar-refractivity contribution >= 4 is 17.5 Å². The number of Topliss-reactive ketones (excluding diaryl/α,β-unsaturated/α-hetero) is 2. The highest BCUT2D eigenvalue weighted by atomic mass is 19.1. The van der Waals surface area contributed by atoms with Crippen molar-refractivity contribution in [1.29, 1.82) is 0 Å². The summed E-state index contributed by atoms with van der Waals surface area (Å²) >= 11 is 0. The van der Waals surface area contributed by atoms with Gasteiger partial charge in [-0.25, -0.2) is 4.39 Å². The molecule has 0 heterocycles. The molecule has 0 saturated carbocycles. The first-order chi connectivity index (χ1) is 11.8. The van der Waals surface area contributed by atoms with Crippen LogP contribution in [0.5, 0.6) is 0 Å². The van der Waals surface area contributed by atoms with Gasteiger partial charge in [-0.1, -0.05) is 12.1 Å². The van der Waals surface area contributed by atoms with Crippen molar-refractivity contribution in [3.05, 3.63) is 57.9 Å². The van der Waals surface area contributed by atoms with E-state index in [0.29, 0.717) is 41.7 Å². The Balaban J connectivity index is 1.84. The third-order valence-corrected chi connectivity index (χ3v) is 4.54. The van der Waals surface area contributed by atoms with Crippen molar-refractivity contribution in [2.75, 3.05) is 0 Å². The maximum Gasteiger partial charge on any atom is 0.220 e. The number of amides is 1. The van der Waals surface area contributed by atoms with E-state index >= 15 is 0 Å². The van der Waals surface area contributed by atoms with Gasteiger partial charge >= 0.3 is 0 Å². The first-order valence-corrected chi connectivity index (χ1v) is 8.29. The highest BCUT2D eigenvalue weighted by Crippen LogP contribution is 2.27. The van der Waals surface area contributed by atoms with Crippen molar-refractivity contribution < 1.29 is 18.8 Å². The number of nitrogens with one attached hydrogen (secondary N) is 1. The highest BCUT2D eigenvalue weighted by molar-refractivity contribution is 6.24. The summed E-state index contributed by atoms with van der Waals surface area (Å²) in [5, 5.41) is 2.76. The average Bonchev–Trinajstić information content (AvgIpc) is 2.60. The normalized spacial score (nSPS) is 15.0. The number of allylic oxidation sites excluding steroid dienone is 4. The topological polar surface area (TPSA) is 63.2 Å². The molecular formula is C20H22FNO3. The van der Waals surface area contributed by atoms with Crippen LogP contribution in [-0.2, 0) is 20.9 Å². The average molecular weight is 343 g/mol. The number of benzene rings is 1. The van der Waals surface area contributed by atoms with E-state index in [9.17, 15) is 18.8 Å². The van der Waals surface area contributed by atoms with Crippen molar-refractivity contribution in [3.8, 4) is 0 Å². The smallest absolute Gasteiger partial charge is 0.220 e. The van der Waals surface area contributed by atoms with Crippen LogP contribution in [0.15, 0.2) is 46.6 Å². The first kappa shape index (κ1) is 18.8. The molecule has 0 bridgehead atoms. The number of carbonyl (C=O) groups excluding carboxylic acids is 3. The molecule has 2 rings (SSSR count). The molecule has 1 aromatic carbocycles. The molecule has 0 saturated heterocycles. The van der Waals surface area contributed by atoms with Gasteiger partial charge in [0.05, 0.1) is 0 Å². The lowest BCUT2D eigenvalue weighted by atomic mass is 9.84. The number of rotatable bonds is 6. The molecule has 4 nitrogen and oxygen atoms in total. The molecule has 0 spiro atoms. The van der Waals surface area contributed by atoms with E-state index in [1.807, 2.05) is 0 Å². The SMILES string of the molecule is CC1=C(C)C(=O)C(CCCC(=O)NCc2ccc(F)cc2)=C(C)C1=O. The highest BCUT2D eigenvalue weighted by Gasteiger charge is 2.27. The van der Waals surface area contributed by atoms with Gasteiger partial charge in [-0.15, -0.1) is 0 Å². The molecular weight excluding hydrogens is 321 g/mol. The van der Waals surface area contributed by atoms with Crippen LogP contribution >= 0.6 is 0 Å². The Morgan fingerprint density at radius 2 is 1.56 bits per heavy atom. The largest absolute Gasteiger partial charge is 0.352 e. The van der Waals surface area contributed by atoms with Crippen LogP contribution in [0.25, 0.3) is 0 Å². The molecule has 132 valence electrons. The van der Waals surface area contributed by atoms with Gasteiger partial charge < -0.3 is 5.32 Å². The number of hydrogen-bond acceptors (Lipinski definition) is 3. The summed E-state index contributed by atoms with van der Waals surface area (Å²) in [6.07, 6.45) is 1.17. The minimum absolute atomic E-state index is 0.0899. The second-order valence-electron chi connectivity index (χ2n) is 6.27. The minimum atomic E-state index is -0.315. The molecule has 1 aromatic rings. The van der Waals surface area contributed by atoms with Crippen LogP contribution in [0.3, 0.4) is 0 Å². The summed E-state index contributed by atoms with van der Waals surface area (Å²) in [6.45, 7) is 5.33. The number of ketones is 2. The zero-order valence-electron chi connectivity index (χ0n) is 14.7. The van der Waals surface area contributed by atoms with Gasteiger partial charge in [0.15, 0.2) is 11.6 Å². The Morgan fingerprint density at radius 1 is 0.960 bits per heavy atom. The Kier molecular flexibility index (Phi) is 6.02. The molecule has 25 heavy (non-hydrogen) atoms. The van der Waals surface area contributed by atoms with E-state index in [0.717, 1.165) is 5.56 Å². The molecule has 0 unspecified atom stereocenters. The van der Waals surface area contributed by atoms with Gasteiger partial charge in [0.25, 0.3) is 0 Å². The molecule has 0 aromatic heterocycles.